The Bertz CT molecular complexity index is 328. The maximum atomic E-state index is 12.5. The van der Waals surface area contributed by atoms with Gasteiger partial charge in [-0.3, -0.25) is 4.99 Å². The summed E-state index contributed by atoms with van der Waals surface area (Å²) in [4.78, 5) is 14.3. The Morgan fingerprint density at radius 1 is 1.44 bits per heavy atom. The lowest BCUT2D eigenvalue weighted by Gasteiger charge is -2.13. The minimum Gasteiger partial charge on any atom is -0.462 e. The van der Waals surface area contributed by atoms with Crippen molar-refractivity contribution in [3.63, 3.8) is 0 Å². The average molecular weight is 238 g/mol. The molecule has 0 amide bonds. The van der Waals surface area contributed by atoms with E-state index in [4.69, 9.17) is 5.73 Å². The number of nitrogens with two attached hydrogens (primary N) is 1. The van der Waals surface area contributed by atoms with Crippen molar-refractivity contribution in [2.75, 3.05) is 13.7 Å². The molecule has 0 aromatic carbocycles. The Kier molecular flexibility index (Phi) is 5.00. The smallest absolute Gasteiger partial charge is 0.433 e. The van der Waals surface area contributed by atoms with E-state index in [0.717, 1.165) is 7.05 Å². The SMILES string of the molecule is CCOC(=O)C(C(=NC)C(F)(F)F)=C(C)N. The van der Waals surface area contributed by atoms with Crippen molar-refractivity contribution in [1.82, 2.24) is 0 Å². The van der Waals surface area contributed by atoms with Gasteiger partial charge in [0.15, 0.2) is 5.71 Å². The second kappa shape index (κ2) is 5.53. The minimum absolute atomic E-state index is 0.0372. The van der Waals surface area contributed by atoms with Crippen LogP contribution in [0.2, 0.25) is 0 Å². The standard InChI is InChI=1S/C9H13F3N2O2/c1-4-16-8(15)6(5(2)13)7(14-3)9(10,11)12/h4,13H2,1-3H3. The highest BCUT2D eigenvalue weighted by atomic mass is 19.4. The fourth-order valence-electron chi connectivity index (χ4n) is 1.03. The quantitative estimate of drug-likeness (QED) is 0.459. The number of carbonyl (C=O) groups is 1. The predicted molar refractivity (Wildman–Crippen MR) is 52.9 cm³/mol. The molecule has 2 N–H and O–H groups in total. The topological polar surface area (TPSA) is 64.7 Å². The average Bonchev–Trinajstić information content (AvgIpc) is 2.11. The van der Waals surface area contributed by atoms with Crippen LogP contribution >= 0.6 is 0 Å². The van der Waals surface area contributed by atoms with Gasteiger partial charge in [-0.1, -0.05) is 0 Å². The van der Waals surface area contributed by atoms with Crippen LogP contribution in [0.25, 0.3) is 0 Å². The van der Waals surface area contributed by atoms with Crippen molar-refractivity contribution in [1.29, 1.82) is 0 Å². The molecule has 0 aliphatic rings. The highest BCUT2D eigenvalue weighted by Crippen LogP contribution is 2.23. The lowest BCUT2D eigenvalue weighted by atomic mass is 10.1. The van der Waals surface area contributed by atoms with E-state index in [1.807, 2.05) is 0 Å². The molecule has 0 unspecified atom stereocenters. The highest BCUT2D eigenvalue weighted by Gasteiger charge is 2.41. The first kappa shape index (κ1) is 14.5. The van der Waals surface area contributed by atoms with Crippen LogP contribution in [0.1, 0.15) is 13.8 Å². The van der Waals surface area contributed by atoms with E-state index < -0.39 is 23.4 Å². The number of halogens is 3. The third-order valence-corrected chi connectivity index (χ3v) is 1.60. The molecular weight excluding hydrogens is 225 g/mol. The third-order valence-electron chi connectivity index (χ3n) is 1.60. The van der Waals surface area contributed by atoms with Gasteiger partial charge in [0, 0.05) is 12.7 Å². The molecule has 0 bridgehead atoms. The first-order chi connectivity index (χ1) is 7.25. The number of allylic oxidation sites excluding steroid dienone is 1. The molecule has 0 aliphatic carbocycles. The van der Waals surface area contributed by atoms with Crippen LogP contribution < -0.4 is 5.73 Å². The first-order valence-electron chi connectivity index (χ1n) is 4.43. The molecule has 0 radical (unpaired) electrons. The number of rotatable bonds is 3. The van der Waals surface area contributed by atoms with Crippen molar-refractivity contribution in [2.24, 2.45) is 10.7 Å². The Morgan fingerprint density at radius 2 is 1.94 bits per heavy atom. The molecule has 0 aromatic heterocycles. The number of hydrogen-bond acceptors (Lipinski definition) is 4. The molecule has 0 aliphatic heterocycles. The van der Waals surface area contributed by atoms with E-state index in [2.05, 4.69) is 9.73 Å². The molecule has 4 nitrogen and oxygen atoms in total. The molecule has 0 spiro atoms. The summed E-state index contributed by atoms with van der Waals surface area (Å²) >= 11 is 0. The number of aliphatic imine (C=N–C) groups is 1. The van der Waals surface area contributed by atoms with Gasteiger partial charge in [-0.05, 0) is 13.8 Å². The van der Waals surface area contributed by atoms with Gasteiger partial charge in [-0.25, -0.2) is 4.79 Å². The Balaban J connectivity index is 5.42. The zero-order valence-corrected chi connectivity index (χ0v) is 9.18. The van der Waals surface area contributed by atoms with Crippen LogP contribution in [-0.4, -0.2) is 31.5 Å². The molecule has 0 saturated carbocycles. The molecule has 0 atom stereocenters. The highest BCUT2D eigenvalue weighted by molar-refractivity contribution is 6.22. The van der Waals surface area contributed by atoms with Crippen LogP contribution in [0, 0.1) is 0 Å². The Labute approximate surface area is 91.0 Å². The monoisotopic (exact) mass is 238 g/mol. The van der Waals surface area contributed by atoms with Crippen LogP contribution in [0.15, 0.2) is 16.3 Å². The van der Waals surface area contributed by atoms with E-state index >= 15 is 0 Å². The zero-order chi connectivity index (χ0) is 12.9. The van der Waals surface area contributed by atoms with Crippen molar-refractivity contribution < 1.29 is 22.7 Å². The summed E-state index contributed by atoms with van der Waals surface area (Å²) in [5.41, 5.74) is 2.89. The lowest BCUT2D eigenvalue weighted by Crippen LogP contribution is -2.31. The van der Waals surface area contributed by atoms with E-state index in [1.54, 1.807) is 0 Å². The molecule has 7 heteroatoms. The van der Waals surface area contributed by atoms with Crippen LogP contribution in [0.4, 0.5) is 13.2 Å². The number of alkyl halides is 3. The van der Waals surface area contributed by atoms with Crippen molar-refractivity contribution in [3.05, 3.63) is 11.3 Å². The Morgan fingerprint density at radius 3 is 2.19 bits per heavy atom. The molecule has 0 fully saturated rings. The van der Waals surface area contributed by atoms with Gasteiger partial charge in [0.2, 0.25) is 0 Å². The molecule has 0 aromatic rings. The molecule has 16 heavy (non-hydrogen) atoms. The molecule has 0 heterocycles. The summed E-state index contributed by atoms with van der Waals surface area (Å²) < 4.78 is 42.0. The first-order valence-corrected chi connectivity index (χ1v) is 4.43. The van der Waals surface area contributed by atoms with Crippen LogP contribution in [0.5, 0.6) is 0 Å². The summed E-state index contributed by atoms with van der Waals surface area (Å²) in [6.07, 6.45) is -4.74. The van der Waals surface area contributed by atoms with Gasteiger partial charge < -0.3 is 10.5 Å². The van der Waals surface area contributed by atoms with Crippen LogP contribution in [0.3, 0.4) is 0 Å². The normalized spacial score (nSPS) is 14.5. The molecule has 92 valence electrons. The number of esters is 1. The van der Waals surface area contributed by atoms with Gasteiger partial charge in [-0.2, -0.15) is 13.2 Å². The van der Waals surface area contributed by atoms with Crippen molar-refractivity contribution in [2.45, 2.75) is 20.0 Å². The van der Waals surface area contributed by atoms with Gasteiger partial charge in [0.25, 0.3) is 0 Å². The number of carbonyl (C=O) groups excluding carboxylic acids is 1. The molecule has 0 rings (SSSR count). The summed E-state index contributed by atoms with van der Waals surface area (Å²) in [6.45, 7) is 2.63. The second-order valence-corrected chi connectivity index (χ2v) is 2.85. The van der Waals surface area contributed by atoms with Gasteiger partial charge in [-0.15, -0.1) is 0 Å². The fourth-order valence-corrected chi connectivity index (χ4v) is 1.03. The third kappa shape index (κ3) is 3.56. The fraction of sp³-hybridized carbons (Fsp3) is 0.556. The maximum absolute atomic E-state index is 12.5. The summed E-state index contributed by atoms with van der Waals surface area (Å²) in [6, 6.07) is 0. The van der Waals surface area contributed by atoms with Crippen molar-refractivity contribution >= 4 is 11.7 Å². The second-order valence-electron chi connectivity index (χ2n) is 2.85. The molecular formula is C9H13F3N2O2. The van der Waals surface area contributed by atoms with Crippen LogP contribution in [-0.2, 0) is 9.53 Å². The zero-order valence-electron chi connectivity index (χ0n) is 9.18. The summed E-state index contributed by atoms with van der Waals surface area (Å²) in [7, 11) is 0.936. The van der Waals surface area contributed by atoms with E-state index in [1.165, 1.54) is 13.8 Å². The maximum Gasteiger partial charge on any atom is 0.433 e. The van der Waals surface area contributed by atoms with Gasteiger partial charge in [0.05, 0.1) is 6.61 Å². The van der Waals surface area contributed by atoms with Crippen molar-refractivity contribution in [3.8, 4) is 0 Å². The number of ether oxygens (including phenoxy) is 1. The van der Waals surface area contributed by atoms with E-state index in [-0.39, 0.29) is 12.3 Å². The molecule has 0 saturated heterocycles. The minimum atomic E-state index is -4.74. The number of nitrogens with zero attached hydrogens (tertiary/aromatic N) is 1. The Hall–Kier alpha value is -1.53. The summed E-state index contributed by atoms with van der Waals surface area (Å²) in [5, 5.41) is 0. The predicted octanol–water partition coefficient (Wildman–Crippen LogP) is 1.42. The van der Waals surface area contributed by atoms with E-state index in [9.17, 15) is 18.0 Å². The summed E-state index contributed by atoms with van der Waals surface area (Å²) in [5.74, 6) is -1.12. The van der Waals surface area contributed by atoms with Gasteiger partial charge in [0.1, 0.15) is 5.57 Å². The largest absolute Gasteiger partial charge is 0.462 e. The number of hydrogen-bond donors (Lipinski definition) is 1. The van der Waals surface area contributed by atoms with Gasteiger partial charge >= 0.3 is 12.1 Å². The lowest BCUT2D eigenvalue weighted by molar-refractivity contribution is -0.138. The van der Waals surface area contributed by atoms with E-state index in [0.29, 0.717) is 0 Å².